The Hall–Kier alpha value is -3.10. The Bertz CT molecular complexity index is 1060. The number of amides is 1. The van der Waals surface area contributed by atoms with Gasteiger partial charge in [-0.05, 0) is 37.1 Å². The molecule has 166 valence electrons. The van der Waals surface area contributed by atoms with Crippen molar-refractivity contribution in [2.75, 3.05) is 49.1 Å². The summed E-state index contributed by atoms with van der Waals surface area (Å²) < 4.78 is 15.7. The Labute approximate surface area is 180 Å². The van der Waals surface area contributed by atoms with Crippen molar-refractivity contribution in [2.24, 2.45) is 20.0 Å². The van der Waals surface area contributed by atoms with Crippen LogP contribution in [0.5, 0.6) is 0 Å². The minimum atomic E-state index is -0.347. The molecule has 0 unspecified atom stereocenters. The lowest BCUT2D eigenvalue weighted by molar-refractivity contribution is -0.136. The molecule has 0 aliphatic carbocycles. The van der Waals surface area contributed by atoms with Crippen LogP contribution in [-0.2, 0) is 18.9 Å². The van der Waals surface area contributed by atoms with Crippen LogP contribution in [0.15, 0.2) is 39.9 Å². The number of halogens is 1. The Morgan fingerprint density at radius 1 is 0.871 bits per heavy atom. The van der Waals surface area contributed by atoms with Gasteiger partial charge >= 0.3 is 5.69 Å². The molecule has 1 aromatic heterocycles. The third-order valence-corrected chi connectivity index (χ3v) is 6.45. The molecule has 31 heavy (non-hydrogen) atoms. The Kier molecular flexibility index (Phi) is 5.84. The van der Waals surface area contributed by atoms with Gasteiger partial charge in [-0.15, -0.1) is 0 Å². The number of benzene rings is 1. The molecule has 1 aromatic carbocycles. The van der Waals surface area contributed by atoms with Gasteiger partial charge in [0.1, 0.15) is 11.6 Å². The van der Waals surface area contributed by atoms with Crippen LogP contribution in [0.25, 0.3) is 0 Å². The normalized spacial score (nSPS) is 17.8. The molecule has 0 saturated carbocycles. The predicted molar refractivity (Wildman–Crippen MR) is 117 cm³/mol. The Balaban J connectivity index is 1.34. The Morgan fingerprint density at radius 2 is 1.48 bits per heavy atom. The van der Waals surface area contributed by atoms with Crippen molar-refractivity contribution in [1.29, 1.82) is 0 Å². The molecule has 8 nitrogen and oxygen atoms in total. The molecule has 0 radical (unpaired) electrons. The first kappa shape index (κ1) is 21.1. The monoisotopic (exact) mass is 429 g/mol. The highest BCUT2D eigenvalue weighted by atomic mass is 19.1. The summed E-state index contributed by atoms with van der Waals surface area (Å²) in [5, 5.41) is 0. The Morgan fingerprint density at radius 3 is 2.10 bits per heavy atom. The van der Waals surface area contributed by atoms with Crippen LogP contribution < -0.4 is 21.0 Å². The van der Waals surface area contributed by atoms with Gasteiger partial charge in [-0.1, -0.05) is 0 Å². The van der Waals surface area contributed by atoms with E-state index in [-0.39, 0.29) is 28.9 Å². The molecule has 0 spiro atoms. The van der Waals surface area contributed by atoms with Crippen LogP contribution >= 0.6 is 0 Å². The van der Waals surface area contributed by atoms with Crippen LogP contribution in [0.4, 0.5) is 15.9 Å². The second-order valence-corrected chi connectivity index (χ2v) is 8.29. The smallest absolute Gasteiger partial charge is 0.332 e. The second kappa shape index (κ2) is 8.56. The summed E-state index contributed by atoms with van der Waals surface area (Å²) in [5.74, 6) is 0.486. The van der Waals surface area contributed by atoms with Crippen LogP contribution in [0.2, 0.25) is 0 Å². The first-order valence-electron chi connectivity index (χ1n) is 10.7. The molecule has 0 N–H and O–H groups in total. The predicted octanol–water partition coefficient (Wildman–Crippen LogP) is 0.788. The van der Waals surface area contributed by atoms with Gasteiger partial charge in [0.2, 0.25) is 5.91 Å². The van der Waals surface area contributed by atoms with Crippen molar-refractivity contribution in [2.45, 2.75) is 12.8 Å². The molecule has 9 heteroatoms. The zero-order valence-corrected chi connectivity index (χ0v) is 18.0. The molecule has 2 fully saturated rings. The molecular weight excluding hydrogens is 401 g/mol. The van der Waals surface area contributed by atoms with Gasteiger partial charge in [0, 0.05) is 71.0 Å². The number of nitrogens with zero attached hydrogens (tertiary/aromatic N) is 5. The van der Waals surface area contributed by atoms with Gasteiger partial charge in [0.25, 0.3) is 5.56 Å². The highest BCUT2D eigenvalue weighted by molar-refractivity contribution is 5.79. The molecule has 2 aromatic rings. The SMILES string of the molecule is Cn1c(N2CCC(C(=O)N3CCN(c4ccc(F)cc4)CC3)CC2)cc(=O)n(C)c1=O. The van der Waals surface area contributed by atoms with Crippen LogP contribution in [0.1, 0.15) is 12.8 Å². The number of hydrogen-bond acceptors (Lipinski definition) is 5. The first-order valence-corrected chi connectivity index (χ1v) is 10.7. The van der Waals surface area contributed by atoms with E-state index in [2.05, 4.69) is 4.90 Å². The second-order valence-electron chi connectivity index (χ2n) is 8.29. The summed E-state index contributed by atoms with van der Waals surface area (Å²) in [6.07, 6.45) is 1.39. The highest BCUT2D eigenvalue weighted by Gasteiger charge is 2.31. The molecule has 2 aliphatic rings. The lowest BCUT2D eigenvalue weighted by Crippen LogP contribution is -2.52. The van der Waals surface area contributed by atoms with E-state index < -0.39 is 0 Å². The van der Waals surface area contributed by atoms with Crippen molar-refractivity contribution in [3.63, 3.8) is 0 Å². The summed E-state index contributed by atoms with van der Waals surface area (Å²) in [7, 11) is 3.13. The summed E-state index contributed by atoms with van der Waals surface area (Å²) >= 11 is 0. The molecule has 4 rings (SSSR count). The number of carbonyl (C=O) groups is 1. The van der Waals surface area contributed by atoms with Crippen LogP contribution in [-0.4, -0.2) is 59.2 Å². The summed E-state index contributed by atoms with van der Waals surface area (Å²) in [4.78, 5) is 43.4. The third-order valence-electron chi connectivity index (χ3n) is 6.45. The van der Waals surface area contributed by atoms with Gasteiger partial charge in [0.05, 0.1) is 0 Å². The van der Waals surface area contributed by atoms with Crippen molar-refractivity contribution in [3.8, 4) is 0 Å². The molecular formula is C22H28FN5O3. The van der Waals surface area contributed by atoms with E-state index in [0.29, 0.717) is 44.8 Å². The van der Waals surface area contributed by atoms with Gasteiger partial charge in [-0.3, -0.25) is 18.7 Å². The van der Waals surface area contributed by atoms with E-state index in [1.165, 1.54) is 29.8 Å². The molecule has 2 aliphatic heterocycles. The molecule has 0 bridgehead atoms. The number of rotatable bonds is 3. The van der Waals surface area contributed by atoms with Crippen LogP contribution in [0.3, 0.4) is 0 Å². The summed E-state index contributed by atoms with van der Waals surface area (Å²) in [6.45, 7) is 4.02. The summed E-state index contributed by atoms with van der Waals surface area (Å²) in [5.41, 5.74) is 0.302. The lowest BCUT2D eigenvalue weighted by atomic mass is 9.95. The standard InChI is InChI=1S/C22H28FN5O3/c1-24-19(15-20(29)25(2)22(24)31)27-9-7-16(8-10-27)21(30)28-13-11-26(12-14-28)18-5-3-17(23)4-6-18/h3-6,15-16H,7-14H2,1-2H3. The quantitative estimate of drug-likeness (QED) is 0.722. The molecule has 3 heterocycles. The number of hydrogen-bond donors (Lipinski definition) is 0. The molecule has 2 saturated heterocycles. The number of aromatic nitrogens is 2. The van der Waals surface area contributed by atoms with E-state index in [0.717, 1.165) is 23.3 Å². The molecule has 1 amide bonds. The number of piperidine rings is 1. The van der Waals surface area contributed by atoms with E-state index in [4.69, 9.17) is 0 Å². The van der Waals surface area contributed by atoms with E-state index in [9.17, 15) is 18.8 Å². The van der Waals surface area contributed by atoms with Crippen molar-refractivity contribution in [1.82, 2.24) is 14.0 Å². The largest absolute Gasteiger partial charge is 0.368 e. The fraction of sp³-hybridized carbons (Fsp3) is 0.500. The van der Waals surface area contributed by atoms with E-state index >= 15 is 0 Å². The summed E-state index contributed by atoms with van der Waals surface area (Å²) in [6, 6.07) is 7.94. The lowest BCUT2D eigenvalue weighted by Gasteiger charge is -2.39. The van der Waals surface area contributed by atoms with Gasteiger partial charge in [0.15, 0.2) is 0 Å². The average molecular weight is 429 g/mol. The fourth-order valence-corrected chi connectivity index (χ4v) is 4.48. The van der Waals surface area contributed by atoms with Crippen molar-refractivity contribution < 1.29 is 9.18 Å². The van der Waals surface area contributed by atoms with Gasteiger partial charge in [-0.25, -0.2) is 9.18 Å². The number of carbonyl (C=O) groups excluding carboxylic acids is 1. The number of piperazine rings is 1. The molecule has 0 atom stereocenters. The van der Waals surface area contributed by atoms with Gasteiger partial charge in [-0.2, -0.15) is 0 Å². The number of anilines is 2. The minimum Gasteiger partial charge on any atom is -0.368 e. The third kappa shape index (κ3) is 4.22. The minimum absolute atomic E-state index is 0.0443. The first-order chi connectivity index (χ1) is 14.8. The van der Waals surface area contributed by atoms with E-state index in [1.807, 2.05) is 9.80 Å². The zero-order chi connectivity index (χ0) is 22.1. The highest BCUT2D eigenvalue weighted by Crippen LogP contribution is 2.24. The van der Waals surface area contributed by atoms with Crippen LogP contribution in [0, 0.1) is 11.7 Å². The fourth-order valence-electron chi connectivity index (χ4n) is 4.48. The maximum atomic E-state index is 13.1. The zero-order valence-electron chi connectivity index (χ0n) is 18.0. The van der Waals surface area contributed by atoms with Crippen molar-refractivity contribution >= 4 is 17.4 Å². The maximum absolute atomic E-state index is 13.1. The maximum Gasteiger partial charge on any atom is 0.332 e. The topological polar surface area (TPSA) is 70.8 Å². The van der Waals surface area contributed by atoms with Gasteiger partial charge < -0.3 is 14.7 Å². The van der Waals surface area contributed by atoms with E-state index in [1.54, 1.807) is 19.2 Å². The van der Waals surface area contributed by atoms with Crippen molar-refractivity contribution in [3.05, 3.63) is 57.0 Å². The average Bonchev–Trinajstić information content (AvgIpc) is 2.80.